The van der Waals surface area contributed by atoms with Crippen molar-refractivity contribution in [2.75, 3.05) is 13.2 Å². The van der Waals surface area contributed by atoms with Crippen LogP contribution in [0.5, 0.6) is 0 Å². The molecule has 1 aliphatic carbocycles. The number of ketones is 1. The van der Waals surface area contributed by atoms with Crippen LogP contribution in [0.15, 0.2) is 29.2 Å². The number of hydrogen-bond donors (Lipinski definition) is 0. The molecule has 1 saturated heterocycles. The van der Waals surface area contributed by atoms with Crippen molar-refractivity contribution in [3.8, 4) is 11.1 Å². The Hall–Kier alpha value is -2.20. The molecule has 0 bridgehead atoms. The highest BCUT2D eigenvalue weighted by Crippen LogP contribution is 2.33. The van der Waals surface area contributed by atoms with Crippen LogP contribution in [0.1, 0.15) is 41.5 Å². The minimum absolute atomic E-state index is 0.0493. The van der Waals surface area contributed by atoms with E-state index in [4.69, 9.17) is 4.74 Å². The van der Waals surface area contributed by atoms with Crippen LogP contribution in [0.25, 0.3) is 11.1 Å². The molecule has 27 heavy (non-hydrogen) atoms. The number of fused-ring (bicyclic) bond motifs is 1. The highest BCUT2D eigenvalue weighted by molar-refractivity contribution is 5.84. The number of carbonyl (C=O) groups excluding carboxylic acids is 1. The largest absolute Gasteiger partial charge is 0.381 e. The number of benzene rings is 1. The lowest BCUT2D eigenvalue weighted by molar-refractivity contribution is -0.118. The summed E-state index contributed by atoms with van der Waals surface area (Å²) >= 11 is 0. The first-order chi connectivity index (χ1) is 13.0. The van der Waals surface area contributed by atoms with Crippen LogP contribution in [0.3, 0.4) is 0 Å². The van der Waals surface area contributed by atoms with E-state index in [2.05, 4.69) is 12.1 Å². The number of pyridine rings is 1. The number of aryl methyl sites for hydroxylation is 3. The van der Waals surface area contributed by atoms with Crippen molar-refractivity contribution in [1.29, 1.82) is 0 Å². The lowest BCUT2D eigenvalue weighted by atomic mass is 9.82. The van der Waals surface area contributed by atoms with Gasteiger partial charge in [0.25, 0.3) is 5.56 Å². The molecule has 1 fully saturated rings. The fourth-order valence-electron chi connectivity index (χ4n) is 4.44. The Balaban J connectivity index is 1.80. The quantitative estimate of drug-likeness (QED) is 0.838. The SMILES string of the molecule is Cc1cc(-c2cc3c(cc2CC2CCOCC2)CC(=O)CC3)cn(C)c1=O. The lowest BCUT2D eigenvalue weighted by Crippen LogP contribution is -2.20. The Bertz CT molecular complexity index is 909. The second-order valence-electron chi connectivity index (χ2n) is 8.08. The molecule has 2 aromatic rings. The molecule has 0 N–H and O–H groups in total. The normalized spacial score (nSPS) is 17.8. The van der Waals surface area contributed by atoms with E-state index in [-0.39, 0.29) is 5.56 Å². The Morgan fingerprint density at radius 3 is 2.59 bits per heavy atom. The van der Waals surface area contributed by atoms with Crippen molar-refractivity contribution < 1.29 is 9.53 Å². The third kappa shape index (κ3) is 3.77. The van der Waals surface area contributed by atoms with Gasteiger partial charge < -0.3 is 9.30 Å². The molecule has 0 amide bonds. The fourth-order valence-corrected chi connectivity index (χ4v) is 4.44. The maximum Gasteiger partial charge on any atom is 0.253 e. The number of hydrogen-bond acceptors (Lipinski definition) is 3. The van der Waals surface area contributed by atoms with Gasteiger partial charge in [-0.2, -0.15) is 0 Å². The molecular formula is C23H27NO3. The van der Waals surface area contributed by atoms with E-state index in [0.717, 1.165) is 50.0 Å². The van der Waals surface area contributed by atoms with Crippen molar-refractivity contribution >= 4 is 5.78 Å². The van der Waals surface area contributed by atoms with Crippen LogP contribution in [0.4, 0.5) is 0 Å². The monoisotopic (exact) mass is 365 g/mol. The van der Waals surface area contributed by atoms with Crippen molar-refractivity contribution in [2.45, 2.75) is 45.4 Å². The maximum absolute atomic E-state index is 12.1. The first-order valence-electron chi connectivity index (χ1n) is 9.93. The van der Waals surface area contributed by atoms with E-state index in [9.17, 15) is 9.59 Å². The Morgan fingerprint density at radius 1 is 1.07 bits per heavy atom. The van der Waals surface area contributed by atoms with Gasteiger partial charge >= 0.3 is 0 Å². The summed E-state index contributed by atoms with van der Waals surface area (Å²) in [4.78, 5) is 24.1. The summed E-state index contributed by atoms with van der Waals surface area (Å²) in [5, 5.41) is 0. The molecule has 0 unspecified atom stereocenters. The molecular weight excluding hydrogens is 338 g/mol. The molecule has 1 aliphatic heterocycles. The van der Waals surface area contributed by atoms with Crippen molar-refractivity contribution in [3.63, 3.8) is 0 Å². The molecule has 0 spiro atoms. The van der Waals surface area contributed by atoms with Gasteiger partial charge in [-0.15, -0.1) is 0 Å². The van der Waals surface area contributed by atoms with Crippen LogP contribution in [0.2, 0.25) is 0 Å². The van der Waals surface area contributed by atoms with Gasteiger partial charge in [-0.1, -0.05) is 12.1 Å². The molecule has 0 saturated carbocycles. The summed E-state index contributed by atoms with van der Waals surface area (Å²) < 4.78 is 7.19. The van der Waals surface area contributed by atoms with Crippen molar-refractivity contribution in [2.24, 2.45) is 13.0 Å². The van der Waals surface area contributed by atoms with Crippen LogP contribution in [0, 0.1) is 12.8 Å². The zero-order valence-corrected chi connectivity index (χ0v) is 16.2. The summed E-state index contributed by atoms with van der Waals surface area (Å²) in [7, 11) is 1.81. The van der Waals surface area contributed by atoms with Gasteiger partial charge in [0, 0.05) is 44.9 Å². The average molecular weight is 365 g/mol. The Labute approximate surface area is 160 Å². The molecule has 2 heterocycles. The van der Waals surface area contributed by atoms with Gasteiger partial charge in [-0.25, -0.2) is 0 Å². The summed E-state index contributed by atoms with van der Waals surface area (Å²) in [6.45, 7) is 3.55. The Kier molecular flexibility index (Phi) is 5.00. The van der Waals surface area contributed by atoms with Gasteiger partial charge in [0.1, 0.15) is 5.78 Å². The molecule has 1 aromatic heterocycles. The van der Waals surface area contributed by atoms with Crippen LogP contribution >= 0.6 is 0 Å². The number of ether oxygens (including phenoxy) is 1. The van der Waals surface area contributed by atoms with E-state index in [1.807, 2.05) is 26.2 Å². The molecule has 4 heteroatoms. The van der Waals surface area contributed by atoms with E-state index < -0.39 is 0 Å². The van der Waals surface area contributed by atoms with Crippen LogP contribution in [-0.2, 0) is 35.8 Å². The van der Waals surface area contributed by atoms with Crippen LogP contribution in [-0.4, -0.2) is 23.6 Å². The van der Waals surface area contributed by atoms with Crippen molar-refractivity contribution in [3.05, 3.63) is 57.0 Å². The summed E-state index contributed by atoms with van der Waals surface area (Å²) in [5.41, 5.74) is 6.90. The van der Waals surface area contributed by atoms with E-state index in [0.29, 0.717) is 24.5 Å². The predicted molar refractivity (Wildman–Crippen MR) is 106 cm³/mol. The number of Topliss-reactive ketones (excluding diaryl/α,β-unsaturated/α-hetero) is 1. The molecule has 4 nitrogen and oxygen atoms in total. The zero-order chi connectivity index (χ0) is 19.0. The second kappa shape index (κ2) is 7.43. The highest BCUT2D eigenvalue weighted by Gasteiger charge is 2.22. The minimum Gasteiger partial charge on any atom is -0.381 e. The van der Waals surface area contributed by atoms with Gasteiger partial charge in [0.2, 0.25) is 0 Å². The third-order valence-corrected chi connectivity index (χ3v) is 6.01. The first-order valence-corrected chi connectivity index (χ1v) is 9.93. The number of nitrogens with zero attached hydrogens (tertiary/aromatic N) is 1. The summed E-state index contributed by atoms with van der Waals surface area (Å²) in [5.74, 6) is 0.952. The fraction of sp³-hybridized carbons (Fsp3) is 0.478. The lowest BCUT2D eigenvalue weighted by Gasteiger charge is -2.25. The zero-order valence-electron chi connectivity index (χ0n) is 16.2. The molecule has 0 atom stereocenters. The minimum atomic E-state index is 0.0493. The van der Waals surface area contributed by atoms with Gasteiger partial charge in [0.15, 0.2) is 0 Å². The molecule has 1 aromatic carbocycles. The third-order valence-electron chi connectivity index (χ3n) is 6.01. The van der Waals surface area contributed by atoms with Crippen LogP contribution < -0.4 is 5.56 Å². The predicted octanol–water partition coefficient (Wildman–Crippen LogP) is 3.39. The number of carbonyl (C=O) groups is 1. The van der Waals surface area contributed by atoms with E-state index in [1.54, 1.807) is 4.57 Å². The molecule has 0 radical (unpaired) electrons. The standard InChI is InChI=1S/C23H27NO3/c1-15-9-20(14-24(2)23(15)26)22-13-17-3-4-21(25)12-18(17)11-19(22)10-16-5-7-27-8-6-16/h9,11,13-14,16H,3-8,10,12H2,1-2H3. The molecule has 2 aliphatic rings. The maximum atomic E-state index is 12.1. The number of rotatable bonds is 3. The van der Waals surface area contributed by atoms with E-state index >= 15 is 0 Å². The van der Waals surface area contributed by atoms with E-state index in [1.165, 1.54) is 22.3 Å². The molecule has 142 valence electrons. The van der Waals surface area contributed by atoms with Crippen molar-refractivity contribution in [1.82, 2.24) is 4.57 Å². The Morgan fingerprint density at radius 2 is 1.85 bits per heavy atom. The van der Waals surface area contributed by atoms with Gasteiger partial charge in [-0.05, 0) is 72.4 Å². The van der Waals surface area contributed by atoms with Gasteiger partial charge in [0.05, 0.1) is 0 Å². The highest BCUT2D eigenvalue weighted by atomic mass is 16.5. The number of aromatic nitrogens is 1. The first kappa shape index (κ1) is 18.2. The second-order valence-corrected chi connectivity index (χ2v) is 8.08. The molecule has 4 rings (SSSR count). The smallest absolute Gasteiger partial charge is 0.253 e. The van der Waals surface area contributed by atoms with Gasteiger partial charge in [-0.3, -0.25) is 9.59 Å². The summed E-state index contributed by atoms with van der Waals surface area (Å²) in [6.07, 6.45) is 7.13. The summed E-state index contributed by atoms with van der Waals surface area (Å²) in [6, 6.07) is 6.54. The topological polar surface area (TPSA) is 48.3 Å². The average Bonchev–Trinajstić information content (AvgIpc) is 2.66.